The molecule has 1 N–H and O–H groups in total. The molecule has 1 aliphatic rings. The largest absolute Gasteiger partial charge is 0.307 e. The fourth-order valence-electron chi connectivity index (χ4n) is 3.10. The molecule has 0 bridgehead atoms. The van der Waals surface area contributed by atoms with E-state index in [9.17, 15) is 0 Å². The first-order valence-electron chi connectivity index (χ1n) is 8.00. The molecular formula is C18H29N. The Kier molecular flexibility index (Phi) is 5.45. The zero-order valence-corrected chi connectivity index (χ0v) is 12.8. The van der Waals surface area contributed by atoms with E-state index in [-0.39, 0.29) is 0 Å². The molecule has 0 aromatic heterocycles. The lowest BCUT2D eigenvalue weighted by molar-refractivity contribution is 0.388. The van der Waals surface area contributed by atoms with E-state index in [4.69, 9.17) is 0 Å². The van der Waals surface area contributed by atoms with Gasteiger partial charge in [0.25, 0.3) is 0 Å². The average molecular weight is 259 g/mol. The van der Waals surface area contributed by atoms with Crippen LogP contribution >= 0.6 is 0 Å². The van der Waals surface area contributed by atoms with Gasteiger partial charge in [-0.3, -0.25) is 0 Å². The number of rotatable bonds is 5. The summed E-state index contributed by atoms with van der Waals surface area (Å²) in [5.41, 5.74) is 3.12. The van der Waals surface area contributed by atoms with Gasteiger partial charge in [-0.15, -0.1) is 0 Å². The number of hydrogen-bond donors (Lipinski definition) is 1. The first-order valence-corrected chi connectivity index (χ1v) is 8.00. The summed E-state index contributed by atoms with van der Waals surface area (Å²) in [5.74, 6) is 0.811. The van der Waals surface area contributed by atoms with Gasteiger partial charge in [0.15, 0.2) is 0 Å². The maximum atomic E-state index is 3.87. The Hall–Kier alpha value is -0.820. The van der Waals surface area contributed by atoms with Crippen LogP contribution in [0.5, 0.6) is 0 Å². The van der Waals surface area contributed by atoms with Crippen LogP contribution in [0, 0.1) is 5.92 Å². The predicted octanol–water partition coefficient (Wildman–Crippen LogP) is 4.87. The second-order valence-electron chi connectivity index (χ2n) is 6.54. The van der Waals surface area contributed by atoms with E-state index in [0.29, 0.717) is 12.1 Å². The summed E-state index contributed by atoms with van der Waals surface area (Å²) >= 11 is 0. The van der Waals surface area contributed by atoms with Crippen molar-refractivity contribution >= 4 is 0 Å². The highest BCUT2D eigenvalue weighted by atomic mass is 14.9. The van der Waals surface area contributed by atoms with Gasteiger partial charge in [-0.2, -0.15) is 0 Å². The molecule has 1 aromatic rings. The summed E-state index contributed by atoms with van der Waals surface area (Å²) in [6.07, 6.45) is 7.86. The van der Waals surface area contributed by atoms with Crippen molar-refractivity contribution in [2.45, 2.75) is 71.4 Å². The van der Waals surface area contributed by atoms with Gasteiger partial charge in [0.05, 0.1) is 0 Å². The van der Waals surface area contributed by atoms with Crippen molar-refractivity contribution in [2.75, 3.05) is 0 Å². The lowest BCUT2D eigenvalue weighted by atomic mass is 9.97. The van der Waals surface area contributed by atoms with Gasteiger partial charge in [-0.05, 0) is 56.1 Å². The van der Waals surface area contributed by atoms with E-state index < -0.39 is 0 Å². The molecule has 1 nitrogen and oxygen atoms in total. The van der Waals surface area contributed by atoms with Gasteiger partial charge in [0.2, 0.25) is 0 Å². The Morgan fingerprint density at radius 1 is 1.11 bits per heavy atom. The molecule has 0 amide bonds. The van der Waals surface area contributed by atoms with Crippen molar-refractivity contribution in [1.29, 1.82) is 0 Å². The van der Waals surface area contributed by atoms with Crippen LogP contribution in [0.15, 0.2) is 24.3 Å². The van der Waals surface area contributed by atoms with Crippen LogP contribution in [-0.4, -0.2) is 6.04 Å². The molecule has 0 heterocycles. The zero-order chi connectivity index (χ0) is 13.7. The monoisotopic (exact) mass is 259 g/mol. The summed E-state index contributed by atoms with van der Waals surface area (Å²) in [5, 5.41) is 3.87. The summed E-state index contributed by atoms with van der Waals surface area (Å²) in [4.78, 5) is 0. The summed E-state index contributed by atoms with van der Waals surface area (Å²) in [7, 11) is 0. The maximum absolute atomic E-state index is 3.87. The highest BCUT2D eigenvalue weighted by molar-refractivity contribution is 5.31. The minimum Gasteiger partial charge on any atom is -0.307 e. The molecule has 1 aromatic carbocycles. The molecule has 106 valence electrons. The van der Waals surface area contributed by atoms with Gasteiger partial charge < -0.3 is 5.32 Å². The molecular weight excluding hydrogens is 230 g/mol. The minimum absolute atomic E-state index is 0.570. The fourth-order valence-corrected chi connectivity index (χ4v) is 3.10. The number of fused-ring (bicyclic) bond motifs is 1. The van der Waals surface area contributed by atoms with Gasteiger partial charge in [-0.25, -0.2) is 0 Å². The van der Waals surface area contributed by atoms with Gasteiger partial charge in [0, 0.05) is 12.1 Å². The van der Waals surface area contributed by atoms with Crippen LogP contribution in [0.2, 0.25) is 0 Å². The van der Waals surface area contributed by atoms with Crippen molar-refractivity contribution in [3.8, 4) is 0 Å². The molecule has 0 radical (unpaired) electrons. The first kappa shape index (κ1) is 14.6. The number of benzene rings is 1. The molecule has 1 aliphatic carbocycles. The topological polar surface area (TPSA) is 12.0 Å². The Morgan fingerprint density at radius 2 is 1.89 bits per heavy atom. The van der Waals surface area contributed by atoms with E-state index in [1.807, 2.05) is 0 Å². The lowest BCUT2D eigenvalue weighted by Crippen LogP contribution is -2.31. The molecule has 2 atom stereocenters. The highest BCUT2D eigenvalue weighted by Gasteiger charge is 2.19. The van der Waals surface area contributed by atoms with Crippen molar-refractivity contribution in [1.82, 2.24) is 5.32 Å². The molecule has 0 fully saturated rings. The van der Waals surface area contributed by atoms with Gasteiger partial charge in [-0.1, -0.05) is 44.5 Å². The standard InChI is InChI=1S/C18H29N/c1-14(2)12-13-15(3)19-18-11-7-5-9-16-8-4-6-10-17(16)18/h4,6,8,10,14-15,18-19H,5,7,9,11-13H2,1-3H3. The Labute approximate surface area is 118 Å². The Balaban J connectivity index is 1.99. The summed E-state index contributed by atoms with van der Waals surface area (Å²) in [6.45, 7) is 6.97. The normalized spacial score (nSPS) is 20.9. The molecule has 2 rings (SSSR count). The van der Waals surface area contributed by atoms with Crippen LogP contribution in [0.4, 0.5) is 0 Å². The number of hydrogen-bond acceptors (Lipinski definition) is 1. The quantitative estimate of drug-likeness (QED) is 0.744. The average Bonchev–Trinajstić information content (AvgIpc) is 2.59. The third-order valence-electron chi connectivity index (χ3n) is 4.28. The van der Waals surface area contributed by atoms with Crippen LogP contribution in [0.3, 0.4) is 0 Å². The Bertz CT molecular complexity index is 383. The zero-order valence-electron chi connectivity index (χ0n) is 12.8. The van der Waals surface area contributed by atoms with E-state index in [1.54, 1.807) is 11.1 Å². The predicted molar refractivity (Wildman–Crippen MR) is 83.4 cm³/mol. The third-order valence-corrected chi connectivity index (χ3v) is 4.28. The van der Waals surface area contributed by atoms with Crippen molar-refractivity contribution < 1.29 is 0 Å². The first-order chi connectivity index (χ1) is 9.16. The van der Waals surface area contributed by atoms with Crippen LogP contribution in [0.25, 0.3) is 0 Å². The Morgan fingerprint density at radius 3 is 2.68 bits per heavy atom. The van der Waals surface area contributed by atoms with E-state index >= 15 is 0 Å². The van der Waals surface area contributed by atoms with Crippen molar-refractivity contribution in [3.63, 3.8) is 0 Å². The van der Waals surface area contributed by atoms with E-state index in [2.05, 4.69) is 50.4 Å². The second kappa shape index (κ2) is 7.09. The second-order valence-corrected chi connectivity index (χ2v) is 6.54. The lowest BCUT2D eigenvalue weighted by Gasteiger charge is -2.24. The highest BCUT2D eigenvalue weighted by Crippen LogP contribution is 2.29. The number of aryl methyl sites for hydroxylation is 1. The summed E-state index contributed by atoms with van der Waals surface area (Å²) in [6, 6.07) is 10.2. The van der Waals surface area contributed by atoms with E-state index in [1.165, 1.54) is 38.5 Å². The SMILES string of the molecule is CC(C)CCC(C)NC1CCCCc2ccccc21. The molecule has 0 saturated carbocycles. The minimum atomic E-state index is 0.570. The van der Waals surface area contributed by atoms with Crippen LogP contribution in [0.1, 0.15) is 70.0 Å². The third kappa shape index (κ3) is 4.35. The van der Waals surface area contributed by atoms with E-state index in [0.717, 1.165) is 5.92 Å². The van der Waals surface area contributed by atoms with Gasteiger partial charge >= 0.3 is 0 Å². The number of nitrogens with one attached hydrogen (secondary N) is 1. The van der Waals surface area contributed by atoms with Crippen molar-refractivity contribution in [2.24, 2.45) is 5.92 Å². The summed E-state index contributed by atoms with van der Waals surface area (Å²) < 4.78 is 0. The molecule has 0 aliphatic heterocycles. The smallest absolute Gasteiger partial charge is 0.0325 e. The fraction of sp³-hybridized carbons (Fsp3) is 0.667. The maximum Gasteiger partial charge on any atom is 0.0325 e. The van der Waals surface area contributed by atoms with Crippen molar-refractivity contribution in [3.05, 3.63) is 35.4 Å². The van der Waals surface area contributed by atoms with Gasteiger partial charge in [0.1, 0.15) is 0 Å². The van der Waals surface area contributed by atoms with Crippen LogP contribution < -0.4 is 5.32 Å². The molecule has 1 heteroatoms. The molecule has 0 spiro atoms. The van der Waals surface area contributed by atoms with Crippen LogP contribution in [-0.2, 0) is 6.42 Å². The molecule has 19 heavy (non-hydrogen) atoms. The molecule has 0 saturated heterocycles. The molecule has 2 unspecified atom stereocenters.